The van der Waals surface area contributed by atoms with Crippen LogP contribution in [0.4, 0.5) is 0 Å². The molecule has 2 fully saturated rings. The van der Waals surface area contributed by atoms with Gasteiger partial charge in [0.25, 0.3) is 0 Å². The molecule has 1 atom stereocenters. The molecule has 4 heteroatoms. The molecule has 1 saturated carbocycles. The second kappa shape index (κ2) is 6.36. The highest BCUT2D eigenvalue weighted by Gasteiger charge is 2.33. The summed E-state index contributed by atoms with van der Waals surface area (Å²) >= 11 is 0. The quantitative estimate of drug-likeness (QED) is 0.639. The van der Waals surface area contributed by atoms with Crippen molar-refractivity contribution in [1.82, 2.24) is 15.5 Å². The van der Waals surface area contributed by atoms with Gasteiger partial charge in [-0.1, -0.05) is 0 Å². The SMILES string of the molecule is CCNC(=O)CCNCC1CCN(C2CC2)C1. The number of nitrogens with one attached hydrogen (secondary N) is 2. The van der Waals surface area contributed by atoms with Crippen LogP contribution < -0.4 is 10.6 Å². The Hall–Kier alpha value is -0.610. The molecular formula is C13H25N3O. The lowest BCUT2D eigenvalue weighted by Crippen LogP contribution is -2.31. The molecule has 0 bridgehead atoms. The molecule has 17 heavy (non-hydrogen) atoms. The molecule has 1 unspecified atom stereocenters. The molecule has 0 aromatic rings. The monoisotopic (exact) mass is 239 g/mol. The van der Waals surface area contributed by atoms with Crippen molar-refractivity contribution in [2.45, 2.75) is 38.6 Å². The third kappa shape index (κ3) is 4.28. The van der Waals surface area contributed by atoms with Crippen molar-refractivity contribution in [1.29, 1.82) is 0 Å². The maximum absolute atomic E-state index is 11.2. The Balaban J connectivity index is 1.49. The van der Waals surface area contributed by atoms with Gasteiger partial charge in [-0.15, -0.1) is 0 Å². The van der Waals surface area contributed by atoms with Gasteiger partial charge in [0, 0.05) is 32.1 Å². The maximum Gasteiger partial charge on any atom is 0.221 e. The first-order chi connectivity index (χ1) is 8.29. The van der Waals surface area contributed by atoms with Crippen LogP contribution >= 0.6 is 0 Å². The Morgan fingerprint density at radius 2 is 2.18 bits per heavy atom. The number of rotatable bonds is 7. The summed E-state index contributed by atoms with van der Waals surface area (Å²) in [4.78, 5) is 13.9. The molecule has 98 valence electrons. The van der Waals surface area contributed by atoms with E-state index in [9.17, 15) is 4.79 Å². The largest absolute Gasteiger partial charge is 0.356 e. The topological polar surface area (TPSA) is 44.4 Å². The predicted molar refractivity (Wildman–Crippen MR) is 68.9 cm³/mol. The molecule has 0 radical (unpaired) electrons. The number of hydrogen-bond donors (Lipinski definition) is 2. The van der Waals surface area contributed by atoms with Crippen LogP contribution in [0.2, 0.25) is 0 Å². The van der Waals surface area contributed by atoms with Gasteiger partial charge in [0.1, 0.15) is 0 Å². The number of nitrogens with zero attached hydrogens (tertiary/aromatic N) is 1. The summed E-state index contributed by atoms with van der Waals surface area (Å²) < 4.78 is 0. The van der Waals surface area contributed by atoms with Crippen LogP contribution in [-0.2, 0) is 4.79 Å². The van der Waals surface area contributed by atoms with E-state index in [-0.39, 0.29) is 5.91 Å². The van der Waals surface area contributed by atoms with Crippen LogP contribution in [0.3, 0.4) is 0 Å². The number of hydrogen-bond acceptors (Lipinski definition) is 3. The molecule has 1 saturated heterocycles. The van der Waals surface area contributed by atoms with Gasteiger partial charge in [-0.3, -0.25) is 4.79 Å². The average Bonchev–Trinajstić information content (AvgIpc) is 3.06. The molecule has 4 nitrogen and oxygen atoms in total. The molecule has 0 aromatic heterocycles. The number of carbonyl (C=O) groups excluding carboxylic acids is 1. The number of amides is 1. The van der Waals surface area contributed by atoms with E-state index < -0.39 is 0 Å². The zero-order valence-electron chi connectivity index (χ0n) is 10.9. The van der Waals surface area contributed by atoms with Gasteiger partial charge in [0.05, 0.1) is 0 Å². The lowest BCUT2D eigenvalue weighted by molar-refractivity contribution is -0.120. The molecule has 0 spiro atoms. The van der Waals surface area contributed by atoms with E-state index >= 15 is 0 Å². The lowest BCUT2D eigenvalue weighted by Gasteiger charge is -2.15. The van der Waals surface area contributed by atoms with Crippen molar-refractivity contribution < 1.29 is 4.79 Å². The molecule has 2 rings (SSSR count). The summed E-state index contributed by atoms with van der Waals surface area (Å²) in [5, 5.41) is 6.23. The standard InChI is InChI=1S/C13H25N3O/c1-2-15-13(17)5-7-14-9-11-6-8-16(10-11)12-3-4-12/h11-12,14H,2-10H2,1H3,(H,15,17). The first-order valence-corrected chi connectivity index (χ1v) is 7.01. The third-order valence-electron chi connectivity index (χ3n) is 3.72. The maximum atomic E-state index is 11.2. The molecule has 0 aromatic carbocycles. The Morgan fingerprint density at radius 1 is 1.35 bits per heavy atom. The van der Waals surface area contributed by atoms with Gasteiger partial charge in [-0.05, 0) is 45.2 Å². The zero-order chi connectivity index (χ0) is 12.1. The zero-order valence-corrected chi connectivity index (χ0v) is 10.9. The van der Waals surface area contributed by atoms with Gasteiger partial charge in [-0.2, -0.15) is 0 Å². The van der Waals surface area contributed by atoms with Crippen LogP contribution in [0, 0.1) is 5.92 Å². The van der Waals surface area contributed by atoms with Crippen molar-refractivity contribution in [3.8, 4) is 0 Å². The van der Waals surface area contributed by atoms with E-state index in [1.54, 1.807) is 0 Å². The van der Waals surface area contributed by atoms with Gasteiger partial charge in [0.15, 0.2) is 0 Å². The van der Waals surface area contributed by atoms with E-state index in [2.05, 4.69) is 15.5 Å². The van der Waals surface area contributed by atoms with Crippen LogP contribution in [0.1, 0.15) is 32.6 Å². The normalized spacial score (nSPS) is 25.1. The Morgan fingerprint density at radius 3 is 2.88 bits per heavy atom. The lowest BCUT2D eigenvalue weighted by atomic mass is 10.1. The fraction of sp³-hybridized carbons (Fsp3) is 0.923. The predicted octanol–water partition coefficient (Wildman–Crippen LogP) is 0.587. The van der Waals surface area contributed by atoms with Crippen LogP contribution in [0.5, 0.6) is 0 Å². The molecule has 1 aliphatic heterocycles. The minimum atomic E-state index is 0.158. The number of likely N-dealkylation sites (tertiary alicyclic amines) is 1. The Labute approximate surface area is 104 Å². The van der Waals surface area contributed by atoms with Gasteiger partial charge in [0.2, 0.25) is 5.91 Å². The summed E-state index contributed by atoms with van der Waals surface area (Å²) in [6.45, 7) is 7.12. The summed E-state index contributed by atoms with van der Waals surface area (Å²) in [5.74, 6) is 0.955. The summed E-state index contributed by atoms with van der Waals surface area (Å²) in [5.41, 5.74) is 0. The second-order valence-electron chi connectivity index (χ2n) is 5.29. The number of carbonyl (C=O) groups is 1. The molecular weight excluding hydrogens is 214 g/mol. The van der Waals surface area contributed by atoms with Gasteiger partial charge in [-0.25, -0.2) is 0 Å². The highest BCUT2D eigenvalue weighted by Crippen LogP contribution is 2.31. The summed E-state index contributed by atoms with van der Waals surface area (Å²) in [6, 6.07) is 0.912. The van der Waals surface area contributed by atoms with Crippen molar-refractivity contribution >= 4 is 5.91 Å². The smallest absolute Gasteiger partial charge is 0.221 e. The minimum Gasteiger partial charge on any atom is -0.356 e. The van der Waals surface area contributed by atoms with Gasteiger partial charge >= 0.3 is 0 Å². The average molecular weight is 239 g/mol. The molecule has 2 N–H and O–H groups in total. The fourth-order valence-corrected chi connectivity index (χ4v) is 2.59. The first kappa shape index (κ1) is 12.8. The van der Waals surface area contributed by atoms with Crippen LogP contribution in [0.25, 0.3) is 0 Å². The molecule has 2 aliphatic rings. The van der Waals surface area contributed by atoms with Crippen LogP contribution in [-0.4, -0.2) is 49.6 Å². The molecule has 1 amide bonds. The minimum absolute atomic E-state index is 0.158. The first-order valence-electron chi connectivity index (χ1n) is 7.01. The van der Waals surface area contributed by atoms with Crippen molar-refractivity contribution in [2.75, 3.05) is 32.7 Å². The van der Waals surface area contributed by atoms with E-state index in [0.29, 0.717) is 6.42 Å². The van der Waals surface area contributed by atoms with E-state index in [1.165, 1.54) is 32.4 Å². The van der Waals surface area contributed by atoms with Gasteiger partial charge < -0.3 is 15.5 Å². The van der Waals surface area contributed by atoms with Crippen molar-refractivity contribution in [3.63, 3.8) is 0 Å². The third-order valence-corrected chi connectivity index (χ3v) is 3.72. The van der Waals surface area contributed by atoms with Crippen molar-refractivity contribution in [2.24, 2.45) is 5.92 Å². The van der Waals surface area contributed by atoms with E-state index in [4.69, 9.17) is 0 Å². The fourth-order valence-electron chi connectivity index (χ4n) is 2.59. The van der Waals surface area contributed by atoms with Crippen LogP contribution in [0.15, 0.2) is 0 Å². The second-order valence-corrected chi connectivity index (χ2v) is 5.29. The highest BCUT2D eigenvalue weighted by atomic mass is 16.1. The van der Waals surface area contributed by atoms with Crippen molar-refractivity contribution in [3.05, 3.63) is 0 Å². The Bertz CT molecular complexity index is 253. The summed E-state index contributed by atoms with van der Waals surface area (Å²) in [7, 11) is 0. The Kier molecular flexibility index (Phi) is 4.80. The molecule has 1 aliphatic carbocycles. The van der Waals surface area contributed by atoms with E-state index in [1.807, 2.05) is 6.92 Å². The molecule has 1 heterocycles. The van der Waals surface area contributed by atoms with E-state index in [0.717, 1.165) is 31.6 Å². The summed E-state index contributed by atoms with van der Waals surface area (Å²) in [6.07, 6.45) is 4.76. The highest BCUT2D eigenvalue weighted by molar-refractivity contribution is 5.75.